The van der Waals surface area contributed by atoms with Gasteiger partial charge in [-0.3, -0.25) is 4.57 Å². The second-order valence-electron chi connectivity index (χ2n) is 12.6. The number of hydrogen-bond acceptors (Lipinski definition) is 3. The molecule has 0 unspecified atom stereocenters. The van der Waals surface area contributed by atoms with Crippen LogP contribution >= 0.6 is 11.3 Å². The number of rotatable bonds is 3. The third kappa shape index (κ3) is 3.73. The summed E-state index contributed by atoms with van der Waals surface area (Å²) in [5.74, 6) is 0.678. The Morgan fingerprint density at radius 2 is 1.08 bits per heavy atom. The van der Waals surface area contributed by atoms with E-state index in [9.17, 15) is 0 Å². The van der Waals surface area contributed by atoms with E-state index in [1.165, 1.54) is 58.4 Å². The highest BCUT2D eigenvalue weighted by atomic mass is 32.1. The first-order chi connectivity index (χ1) is 24.3. The molecule has 4 aromatic heterocycles. The molecule has 0 aliphatic carbocycles. The molecule has 0 bridgehead atoms. The van der Waals surface area contributed by atoms with Gasteiger partial charge in [0.25, 0.3) is 0 Å². The topological polar surface area (TPSA) is 35.6 Å². The Hall–Kier alpha value is -6.30. The third-order valence-electron chi connectivity index (χ3n) is 9.92. The molecule has 49 heavy (non-hydrogen) atoms. The highest BCUT2D eigenvalue weighted by Gasteiger charge is 2.23. The molecule has 7 aromatic carbocycles. The smallest absolute Gasteiger partial charge is 0.235 e. The molecule has 0 saturated heterocycles. The number of para-hydroxylation sites is 4. The van der Waals surface area contributed by atoms with Gasteiger partial charge < -0.3 is 4.57 Å². The summed E-state index contributed by atoms with van der Waals surface area (Å²) in [6, 6.07) is 56.1. The number of aromatic nitrogens is 4. The van der Waals surface area contributed by atoms with Gasteiger partial charge in [-0.1, -0.05) is 115 Å². The van der Waals surface area contributed by atoms with E-state index in [1.807, 2.05) is 17.4 Å². The van der Waals surface area contributed by atoms with E-state index in [4.69, 9.17) is 9.97 Å². The van der Waals surface area contributed by atoms with Crippen molar-refractivity contribution in [2.45, 2.75) is 0 Å². The Labute approximate surface area is 284 Å². The van der Waals surface area contributed by atoms with Crippen molar-refractivity contribution in [2.24, 2.45) is 0 Å². The highest BCUT2D eigenvalue weighted by Crippen LogP contribution is 2.47. The Morgan fingerprint density at radius 3 is 1.90 bits per heavy atom. The number of fused-ring (bicyclic) bond motifs is 12. The Balaban J connectivity index is 1.30. The molecule has 0 aliphatic heterocycles. The lowest BCUT2D eigenvalue weighted by atomic mass is 10.1. The fourth-order valence-electron chi connectivity index (χ4n) is 7.87. The molecule has 228 valence electrons. The zero-order chi connectivity index (χ0) is 32.1. The summed E-state index contributed by atoms with van der Waals surface area (Å²) >= 11 is 1.88. The number of benzene rings is 7. The second-order valence-corrected chi connectivity index (χ2v) is 13.6. The second kappa shape index (κ2) is 10.1. The SMILES string of the molecule is c1ccc(-c2nc(-n3c4ccccc4c4ccc5sc6c(ccc7c6c6ccccc6n7-c6ccccc6)c5c43)nc3ccccc23)cc1. The minimum absolute atomic E-state index is 0.678. The summed E-state index contributed by atoms with van der Waals surface area (Å²) < 4.78 is 7.25. The Kier molecular flexibility index (Phi) is 5.51. The number of nitrogens with zero attached hydrogens (tertiary/aromatic N) is 4. The molecule has 5 heteroatoms. The molecule has 0 amide bonds. The van der Waals surface area contributed by atoms with Gasteiger partial charge in [0.15, 0.2) is 0 Å². The summed E-state index contributed by atoms with van der Waals surface area (Å²) in [6.45, 7) is 0. The average Bonchev–Trinajstić information content (AvgIpc) is 3.82. The number of hydrogen-bond donors (Lipinski definition) is 0. The molecule has 0 radical (unpaired) electrons. The summed E-state index contributed by atoms with van der Waals surface area (Å²) in [6.07, 6.45) is 0. The molecule has 0 N–H and O–H groups in total. The molecular formula is C44H26N4S. The molecule has 11 rings (SSSR count). The van der Waals surface area contributed by atoms with Gasteiger partial charge in [0.05, 0.1) is 33.3 Å². The monoisotopic (exact) mass is 642 g/mol. The van der Waals surface area contributed by atoms with Crippen LogP contribution in [0.3, 0.4) is 0 Å². The van der Waals surface area contributed by atoms with Crippen molar-refractivity contribution >= 4 is 86.0 Å². The fraction of sp³-hybridized carbons (Fsp3) is 0. The Morgan fingerprint density at radius 1 is 0.429 bits per heavy atom. The van der Waals surface area contributed by atoms with Crippen LogP contribution in [0.5, 0.6) is 0 Å². The molecule has 4 nitrogen and oxygen atoms in total. The largest absolute Gasteiger partial charge is 0.309 e. The van der Waals surface area contributed by atoms with Gasteiger partial charge in [0.2, 0.25) is 5.95 Å². The summed E-state index contributed by atoms with van der Waals surface area (Å²) in [5, 5.41) is 8.49. The normalized spacial score (nSPS) is 12.1. The van der Waals surface area contributed by atoms with Crippen LogP contribution in [0, 0.1) is 0 Å². The van der Waals surface area contributed by atoms with E-state index in [0.717, 1.165) is 33.2 Å². The summed E-state index contributed by atoms with van der Waals surface area (Å²) in [5.41, 5.74) is 8.77. The fourth-order valence-corrected chi connectivity index (χ4v) is 9.13. The molecule has 4 heterocycles. The average molecular weight is 643 g/mol. The molecule has 11 aromatic rings. The van der Waals surface area contributed by atoms with E-state index in [0.29, 0.717) is 5.95 Å². The maximum atomic E-state index is 5.36. The van der Waals surface area contributed by atoms with Crippen molar-refractivity contribution in [1.29, 1.82) is 0 Å². The van der Waals surface area contributed by atoms with E-state index in [-0.39, 0.29) is 0 Å². The van der Waals surface area contributed by atoms with Crippen LogP contribution < -0.4 is 0 Å². The van der Waals surface area contributed by atoms with Gasteiger partial charge in [0, 0.05) is 58.4 Å². The van der Waals surface area contributed by atoms with Gasteiger partial charge in [-0.15, -0.1) is 11.3 Å². The first-order valence-corrected chi connectivity index (χ1v) is 17.3. The predicted molar refractivity (Wildman–Crippen MR) is 207 cm³/mol. The minimum Gasteiger partial charge on any atom is -0.309 e. The van der Waals surface area contributed by atoms with E-state index in [1.54, 1.807) is 0 Å². The summed E-state index contributed by atoms with van der Waals surface area (Å²) in [4.78, 5) is 10.6. The van der Waals surface area contributed by atoms with Crippen LogP contribution in [0.4, 0.5) is 0 Å². The zero-order valence-corrected chi connectivity index (χ0v) is 27.0. The predicted octanol–water partition coefficient (Wildman–Crippen LogP) is 11.9. The quantitative estimate of drug-likeness (QED) is 0.192. The first-order valence-electron chi connectivity index (χ1n) is 16.5. The van der Waals surface area contributed by atoms with Crippen LogP contribution in [0.1, 0.15) is 0 Å². The van der Waals surface area contributed by atoms with Gasteiger partial charge in [-0.25, -0.2) is 9.97 Å². The lowest BCUT2D eigenvalue weighted by Crippen LogP contribution is -2.03. The lowest BCUT2D eigenvalue weighted by Gasteiger charge is -2.12. The van der Waals surface area contributed by atoms with E-state index >= 15 is 0 Å². The van der Waals surface area contributed by atoms with Crippen LogP contribution in [-0.2, 0) is 0 Å². The molecule has 0 fully saturated rings. The van der Waals surface area contributed by atoms with Crippen LogP contribution in [0.2, 0.25) is 0 Å². The third-order valence-corrected chi connectivity index (χ3v) is 11.1. The van der Waals surface area contributed by atoms with Crippen LogP contribution in [0.25, 0.3) is 97.6 Å². The van der Waals surface area contributed by atoms with Crippen LogP contribution in [-0.4, -0.2) is 19.1 Å². The van der Waals surface area contributed by atoms with E-state index < -0.39 is 0 Å². The van der Waals surface area contributed by atoms with Crippen molar-refractivity contribution < 1.29 is 0 Å². The Bertz CT molecular complexity index is 3100. The molecular weight excluding hydrogens is 617 g/mol. The van der Waals surface area contributed by atoms with Gasteiger partial charge >= 0.3 is 0 Å². The van der Waals surface area contributed by atoms with Crippen molar-refractivity contribution in [3.63, 3.8) is 0 Å². The van der Waals surface area contributed by atoms with Crippen molar-refractivity contribution in [1.82, 2.24) is 19.1 Å². The first kappa shape index (κ1) is 26.7. The van der Waals surface area contributed by atoms with Crippen molar-refractivity contribution in [3.05, 3.63) is 158 Å². The molecule has 0 saturated carbocycles. The molecule has 0 aliphatic rings. The standard InChI is InChI=1S/C44H26N4S/c1-3-13-27(14-4-1)41-31-18-7-10-20-34(31)45-44(46-41)48-35-21-11-8-17-29(35)30-24-26-38-40(42(30)48)33-23-25-37-39(43(33)49-38)32-19-9-12-22-36(32)47(37)28-15-5-2-6-16-28/h1-26H. The van der Waals surface area contributed by atoms with Crippen molar-refractivity contribution in [3.8, 4) is 22.9 Å². The zero-order valence-electron chi connectivity index (χ0n) is 26.2. The number of thiophene rings is 1. The van der Waals surface area contributed by atoms with Gasteiger partial charge in [-0.2, -0.15) is 0 Å². The summed E-state index contributed by atoms with van der Waals surface area (Å²) in [7, 11) is 0. The molecule has 0 atom stereocenters. The van der Waals surface area contributed by atoms with Gasteiger partial charge in [-0.05, 0) is 42.5 Å². The van der Waals surface area contributed by atoms with E-state index in [2.05, 4.69) is 161 Å². The van der Waals surface area contributed by atoms with Crippen molar-refractivity contribution in [2.75, 3.05) is 0 Å². The maximum absolute atomic E-state index is 5.36. The maximum Gasteiger partial charge on any atom is 0.235 e. The minimum atomic E-state index is 0.678. The lowest BCUT2D eigenvalue weighted by molar-refractivity contribution is 1.02. The van der Waals surface area contributed by atoms with Crippen LogP contribution in [0.15, 0.2) is 158 Å². The molecule has 0 spiro atoms. The highest BCUT2D eigenvalue weighted by molar-refractivity contribution is 7.27. The van der Waals surface area contributed by atoms with Gasteiger partial charge in [0.1, 0.15) is 0 Å².